The zero-order valence-electron chi connectivity index (χ0n) is 15.8. The molecular formula is C26H16N2O. The normalized spacial score (nSPS) is 11.6. The smallest absolute Gasteiger partial charge is 0.197 e. The zero-order valence-corrected chi connectivity index (χ0v) is 15.8. The number of furan rings is 1. The maximum absolute atomic E-state index is 7.62. The number of hydrogen-bond acceptors (Lipinski definition) is 1. The molecule has 4 aromatic carbocycles. The summed E-state index contributed by atoms with van der Waals surface area (Å²) in [6, 6.07) is 26.8. The number of nitrogens with zero attached hydrogens (tertiary/aromatic N) is 2. The predicted octanol–water partition coefficient (Wildman–Crippen LogP) is 7.54. The summed E-state index contributed by atoms with van der Waals surface area (Å²) in [5.74, 6) is 0. The summed E-state index contributed by atoms with van der Waals surface area (Å²) in [7, 11) is 0. The van der Waals surface area contributed by atoms with Gasteiger partial charge < -0.3 is 8.98 Å². The van der Waals surface area contributed by atoms with Crippen LogP contribution in [0.1, 0.15) is 5.56 Å². The number of para-hydroxylation sites is 1. The lowest BCUT2D eigenvalue weighted by atomic mass is 10.1. The van der Waals surface area contributed by atoms with Crippen molar-refractivity contribution in [1.82, 2.24) is 4.57 Å². The van der Waals surface area contributed by atoms with E-state index in [1.54, 1.807) is 0 Å². The standard InChI is InChI=1S/C26H16N2O/c1-16-10-12-24-19(14-16)20-15-17(11-13-25(20)29-24)28-22-8-4-3-6-18(22)26-21(27-2)7-5-9-23(26)28/h3-15H,1H3. The molecular weight excluding hydrogens is 356 g/mol. The van der Waals surface area contributed by atoms with Crippen LogP contribution in [-0.2, 0) is 0 Å². The topological polar surface area (TPSA) is 22.4 Å². The minimum atomic E-state index is 0.683. The highest BCUT2D eigenvalue weighted by molar-refractivity contribution is 6.15. The Labute approximate surface area is 167 Å². The Morgan fingerprint density at radius 3 is 2.38 bits per heavy atom. The Kier molecular flexibility index (Phi) is 3.16. The average molecular weight is 372 g/mol. The summed E-state index contributed by atoms with van der Waals surface area (Å²) in [6.45, 7) is 9.71. The van der Waals surface area contributed by atoms with Gasteiger partial charge in [-0.25, -0.2) is 4.85 Å². The van der Waals surface area contributed by atoms with Crippen molar-refractivity contribution < 1.29 is 4.42 Å². The number of fused-ring (bicyclic) bond motifs is 6. The van der Waals surface area contributed by atoms with Crippen LogP contribution in [0.25, 0.3) is 54.3 Å². The lowest BCUT2D eigenvalue weighted by molar-refractivity contribution is 0.669. The van der Waals surface area contributed by atoms with Crippen molar-refractivity contribution in [2.75, 3.05) is 0 Å². The van der Waals surface area contributed by atoms with Crippen LogP contribution in [0.4, 0.5) is 5.69 Å². The van der Waals surface area contributed by atoms with Gasteiger partial charge in [0.15, 0.2) is 5.69 Å². The number of hydrogen-bond donors (Lipinski definition) is 0. The fourth-order valence-corrected chi connectivity index (χ4v) is 4.39. The Balaban J connectivity index is 1.76. The fraction of sp³-hybridized carbons (Fsp3) is 0.0385. The van der Waals surface area contributed by atoms with E-state index in [1.165, 1.54) is 5.56 Å². The van der Waals surface area contributed by atoms with Gasteiger partial charge in [0.05, 0.1) is 12.1 Å². The summed E-state index contributed by atoms with van der Waals surface area (Å²) >= 11 is 0. The molecule has 0 atom stereocenters. The van der Waals surface area contributed by atoms with Gasteiger partial charge in [-0.2, -0.15) is 0 Å². The molecule has 2 heterocycles. The second-order valence-corrected chi connectivity index (χ2v) is 7.42. The molecule has 6 aromatic rings. The number of rotatable bonds is 1. The minimum Gasteiger partial charge on any atom is -0.456 e. The first-order valence-corrected chi connectivity index (χ1v) is 9.57. The molecule has 3 heteroatoms. The molecule has 0 radical (unpaired) electrons. The Morgan fingerprint density at radius 1 is 0.759 bits per heavy atom. The average Bonchev–Trinajstić information content (AvgIpc) is 3.28. The van der Waals surface area contributed by atoms with Crippen LogP contribution >= 0.6 is 0 Å². The molecule has 29 heavy (non-hydrogen) atoms. The van der Waals surface area contributed by atoms with Crippen molar-refractivity contribution in [3.05, 3.63) is 95.8 Å². The first kappa shape index (κ1) is 16.0. The molecule has 2 aromatic heterocycles. The Hall–Kier alpha value is -4.03. The van der Waals surface area contributed by atoms with Gasteiger partial charge in [0, 0.05) is 27.4 Å². The third-order valence-corrected chi connectivity index (χ3v) is 5.66. The lowest BCUT2D eigenvalue weighted by Gasteiger charge is -2.08. The van der Waals surface area contributed by atoms with Gasteiger partial charge in [-0.3, -0.25) is 0 Å². The van der Waals surface area contributed by atoms with E-state index in [9.17, 15) is 0 Å². The molecule has 0 aliphatic rings. The third-order valence-electron chi connectivity index (χ3n) is 5.66. The second kappa shape index (κ2) is 5.73. The van der Waals surface area contributed by atoms with E-state index in [0.29, 0.717) is 5.69 Å². The molecule has 0 fully saturated rings. The molecule has 0 aliphatic carbocycles. The largest absolute Gasteiger partial charge is 0.456 e. The fourth-order valence-electron chi connectivity index (χ4n) is 4.39. The van der Waals surface area contributed by atoms with Gasteiger partial charge in [-0.15, -0.1) is 0 Å². The summed E-state index contributed by atoms with van der Waals surface area (Å²) in [6.07, 6.45) is 0. The molecule has 0 saturated carbocycles. The molecule has 136 valence electrons. The second-order valence-electron chi connectivity index (χ2n) is 7.42. The van der Waals surface area contributed by atoms with Crippen molar-refractivity contribution in [1.29, 1.82) is 0 Å². The van der Waals surface area contributed by atoms with Crippen LogP contribution in [0.15, 0.2) is 83.3 Å². The van der Waals surface area contributed by atoms with Crippen LogP contribution in [0.5, 0.6) is 0 Å². The van der Waals surface area contributed by atoms with Gasteiger partial charge in [0.2, 0.25) is 0 Å². The molecule has 0 amide bonds. The van der Waals surface area contributed by atoms with E-state index >= 15 is 0 Å². The minimum absolute atomic E-state index is 0.683. The molecule has 0 bridgehead atoms. The first-order valence-electron chi connectivity index (χ1n) is 9.57. The van der Waals surface area contributed by atoms with Crippen molar-refractivity contribution in [2.24, 2.45) is 0 Å². The first-order chi connectivity index (χ1) is 14.2. The van der Waals surface area contributed by atoms with E-state index in [4.69, 9.17) is 11.0 Å². The van der Waals surface area contributed by atoms with Gasteiger partial charge in [0.25, 0.3) is 0 Å². The summed E-state index contributed by atoms with van der Waals surface area (Å²) in [4.78, 5) is 3.77. The quantitative estimate of drug-likeness (QED) is 0.273. The maximum Gasteiger partial charge on any atom is 0.197 e. The molecule has 0 aliphatic heterocycles. The molecule has 6 rings (SSSR count). The van der Waals surface area contributed by atoms with Gasteiger partial charge in [-0.1, -0.05) is 42.0 Å². The SMILES string of the molecule is [C-]#[N+]c1cccc2c1c1ccccc1n2-c1ccc2oc3ccc(C)cc3c2c1. The number of benzene rings is 4. The Morgan fingerprint density at radius 2 is 1.52 bits per heavy atom. The number of aromatic nitrogens is 1. The van der Waals surface area contributed by atoms with Crippen LogP contribution < -0.4 is 0 Å². The molecule has 0 saturated heterocycles. The summed E-state index contributed by atoms with van der Waals surface area (Å²) in [5.41, 5.74) is 6.89. The van der Waals surface area contributed by atoms with Crippen molar-refractivity contribution in [3.8, 4) is 5.69 Å². The van der Waals surface area contributed by atoms with Crippen molar-refractivity contribution >= 4 is 49.4 Å². The van der Waals surface area contributed by atoms with Crippen LogP contribution in [-0.4, -0.2) is 4.57 Å². The van der Waals surface area contributed by atoms with Crippen LogP contribution in [0, 0.1) is 13.5 Å². The summed E-state index contributed by atoms with van der Waals surface area (Å²) in [5, 5.41) is 4.34. The monoisotopic (exact) mass is 372 g/mol. The molecule has 0 unspecified atom stereocenters. The predicted molar refractivity (Wildman–Crippen MR) is 119 cm³/mol. The van der Waals surface area contributed by atoms with E-state index in [2.05, 4.69) is 58.8 Å². The molecule has 3 nitrogen and oxygen atoms in total. The van der Waals surface area contributed by atoms with E-state index in [0.717, 1.165) is 49.4 Å². The lowest BCUT2D eigenvalue weighted by Crippen LogP contribution is -1.93. The zero-order chi connectivity index (χ0) is 19.5. The number of aryl methyl sites for hydroxylation is 1. The molecule has 0 spiro atoms. The van der Waals surface area contributed by atoms with Gasteiger partial charge in [0.1, 0.15) is 11.2 Å². The van der Waals surface area contributed by atoms with Gasteiger partial charge in [-0.05, 0) is 54.8 Å². The van der Waals surface area contributed by atoms with E-state index < -0.39 is 0 Å². The van der Waals surface area contributed by atoms with Crippen LogP contribution in [0.2, 0.25) is 0 Å². The summed E-state index contributed by atoms with van der Waals surface area (Å²) < 4.78 is 8.29. The highest BCUT2D eigenvalue weighted by Gasteiger charge is 2.16. The van der Waals surface area contributed by atoms with Crippen LogP contribution in [0.3, 0.4) is 0 Å². The molecule has 0 N–H and O–H groups in total. The third kappa shape index (κ3) is 2.17. The van der Waals surface area contributed by atoms with Gasteiger partial charge >= 0.3 is 0 Å². The Bertz CT molecular complexity index is 1630. The highest BCUT2D eigenvalue weighted by Crippen LogP contribution is 2.39. The van der Waals surface area contributed by atoms with Crippen molar-refractivity contribution in [3.63, 3.8) is 0 Å². The van der Waals surface area contributed by atoms with Crippen molar-refractivity contribution in [2.45, 2.75) is 6.92 Å². The van der Waals surface area contributed by atoms with E-state index in [-0.39, 0.29) is 0 Å². The maximum atomic E-state index is 7.62. The highest BCUT2D eigenvalue weighted by atomic mass is 16.3. The van der Waals surface area contributed by atoms with E-state index in [1.807, 2.05) is 36.4 Å².